The fraction of sp³-hybridized carbons (Fsp3) is 0.455. The predicted molar refractivity (Wildman–Crippen MR) is 69.3 cm³/mol. The van der Waals surface area contributed by atoms with Gasteiger partial charge in [0.1, 0.15) is 11.0 Å². The van der Waals surface area contributed by atoms with Gasteiger partial charge in [-0.25, -0.2) is 4.98 Å². The van der Waals surface area contributed by atoms with E-state index >= 15 is 0 Å². The van der Waals surface area contributed by atoms with E-state index in [0.717, 1.165) is 5.56 Å². The lowest BCUT2D eigenvalue weighted by Crippen LogP contribution is -2.26. The number of carbonyl (C=O) groups excluding carboxylic acids is 1. The minimum atomic E-state index is -4.58. The van der Waals surface area contributed by atoms with Gasteiger partial charge in [0.15, 0.2) is 0 Å². The summed E-state index contributed by atoms with van der Waals surface area (Å²) in [6.45, 7) is 1.91. The van der Waals surface area contributed by atoms with Crippen LogP contribution in [0.5, 0.6) is 0 Å². The normalized spacial score (nSPS) is 20.1. The maximum Gasteiger partial charge on any atom is 0.302 e. The van der Waals surface area contributed by atoms with E-state index in [2.05, 4.69) is 4.98 Å². The SMILES string of the molecule is Cc1ccc(N2CC(CS(=O)(=O)F)CC2=O)nc1Cl. The van der Waals surface area contributed by atoms with Crippen LogP contribution in [-0.4, -0.2) is 31.6 Å². The maximum absolute atomic E-state index is 12.6. The highest BCUT2D eigenvalue weighted by molar-refractivity contribution is 7.86. The summed E-state index contributed by atoms with van der Waals surface area (Å²) < 4.78 is 33.8. The van der Waals surface area contributed by atoms with Crippen LogP contribution in [-0.2, 0) is 15.0 Å². The third kappa shape index (κ3) is 3.42. The van der Waals surface area contributed by atoms with Crippen molar-refractivity contribution < 1.29 is 17.1 Å². The van der Waals surface area contributed by atoms with Crippen molar-refractivity contribution in [1.29, 1.82) is 0 Å². The number of hydrogen-bond donors (Lipinski definition) is 0. The van der Waals surface area contributed by atoms with Crippen molar-refractivity contribution in [2.75, 3.05) is 17.2 Å². The van der Waals surface area contributed by atoms with Gasteiger partial charge in [-0.2, -0.15) is 8.42 Å². The van der Waals surface area contributed by atoms with E-state index in [-0.39, 0.29) is 24.0 Å². The molecule has 2 heterocycles. The first kappa shape index (κ1) is 14.2. The predicted octanol–water partition coefficient (Wildman–Crippen LogP) is 1.70. The van der Waals surface area contributed by atoms with Crippen molar-refractivity contribution in [1.82, 2.24) is 4.98 Å². The van der Waals surface area contributed by atoms with E-state index in [1.165, 1.54) is 4.90 Å². The van der Waals surface area contributed by atoms with Gasteiger partial charge in [0, 0.05) is 18.9 Å². The van der Waals surface area contributed by atoms with Crippen molar-refractivity contribution in [3.8, 4) is 0 Å². The molecule has 0 aromatic carbocycles. The van der Waals surface area contributed by atoms with Crippen molar-refractivity contribution in [2.45, 2.75) is 13.3 Å². The molecule has 0 bridgehead atoms. The van der Waals surface area contributed by atoms with Crippen LogP contribution in [0.2, 0.25) is 5.15 Å². The molecule has 1 amide bonds. The molecule has 0 spiro atoms. The zero-order valence-corrected chi connectivity index (χ0v) is 11.7. The first-order valence-electron chi connectivity index (χ1n) is 5.62. The van der Waals surface area contributed by atoms with Crippen LogP contribution in [0.25, 0.3) is 0 Å². The Bertz CT molecular complexity index is 620. The molecule has 0 radical (unpaired) electrons. The molecule has 5 nitrogen and oxygen atoms in total. The van der Waals surface area contributed by atoms with E-state index in [4.69, 9.17) is 11.6 Å². The summed E-state index contributed by atoms with van der Waals surface area (Å²) >= 11 is 5.88. The molecule has 1 aliphatic rings. The molecule has 19 heavy (non-hydrogen) atoms. The monoisotopic (exact) mass is 306 g/mol. The molecule has 1 unspecified atom stereocenters. The summed E-state index contributed by atoms with van der Waals surface area (Å²) in [6, 6.07) is 3.35. The van der Waals surface area contributed by atoms with Gasteiger partial charge in [0.05, 0.1) is 5.75 Å². The van der Waals surface area contributed by atoms with Crippen molar-refractivity contribution in [3.05, 3.63) is 22.8 Å². The molecule has 1 saturated heterocycles. The molecule has 104 valence electrons. The molecule has 0 aliphatic carbocycles. The molecule has 1 aromatic rings. The molecule has 0 N–H and O–H groups in total. The lowest BCUT2D eigenvalue weighted by molar-refractivity contribution is -0.117. The van der Waals surface area contributed by atoms with Gasteiger partial charge in [0.2, 0.25) is 5.91 Å². The smallest absolute Gasteiger partial charge is 0.296 e. The Morgan fingerprint density at radius 1 is 1.53 bits per heavy atom. The van der Waals surface area contributed by atoms with Crippen LogP contribution in [0.4, 0.5) is 9.70 Å². The number of anilines is 1. The van der Waals surface area contributed by atoms with Crippen LogP contribution in [0, 0.1) is 12.8 Å². The van der Waals surface area contributed by atoms with E-state index in [1.807, 2.05) is 0 Å². The van der Waals surface area contributed by atoms with Gasteiger partial charge in [-0.1, -0.05) is 17.7 Å². The summed E-state index contributed by atoms with van der Waals surface area (Å²) in [5.74, 6) is -1.11. The molecular weight excluding hydrogens is 295 g/mol. The van der Waals surface area contributed by atoms with Gasteiger partial charge in [-0.3, -0.25) is 9.69 Å². The number of hydrogen-bond acceptors (Lipinski definition) is 4. The third-order valence-electron chi connectivity index (χ3n) is 2.94. The van der Waals surface area contributed by atoms with Gasteiger partial charge in [-0.05, 0) is 18.6 Å². The minimum Gasteiger partial charge on any atom is -0.296 e. The summed E-state index contributed by atoms with van der Waals surface area (Å²) in [7, 11) is -4.58. The molecule has 0 saturated carbocycles. The van der Waals surface area contributed by atoms with Gasteiger partial charge < -0.3 is 0 Å². The average Bonchev–Trinajstić information content (AvgIpc) is 2.61. The third-order valence-corrected chi connectivity index (χ3v) is 4.19. The lowest BCUT2D eigenvalue weighted by atomic mass is 10.1. The summed E-state index contributed by atoms with van der Waals surface area (Å²) in [5.41, 5.74) is 0.778. The van der Waals surface area contributed by atoms with Crippen LogP contribution in [0.1, 0.15) is 12.0 Å². The first-order chi connectivity index (χ1) is 8.76. The molecule has 1 atom stereocenters. The van der Waals surface area contributed by atoms with Gasteiger partial charge in [0.25, 0.3) is 0 Å². The Kier molecular flexibility index (Phi) is 3.78. The van der Waals surface area contributed by atoms with Crippen LogP contribution in [0.3, 0.4) is 0 Å². The average molecular weight is 307 g/mol. The summed E-state index contributed by atoms with van der Waals surface area (Å²) in [6.07, 6.45) is -0.00365. The fourth-order valence-corrected chi connectivity index (χ4v) is 2.98. The van der Waals surface area contributed by atoms with E-state index < -0.39 is 21.9 Å². The molecule has 1 aromatic heterocycles. The molecule has 2 rings (SSSR count). The van der Waals surface area contributed by atoms with E-state index in [1.54, 1.807) is 19.1 Å². The summed E-state index contributed by atoms with van der Waals surface area (Å²) in [5, 5.41) is 0.284. The second-order valence-electron chi connectivity index (χ2n) is 4.56. The lowest BCUT2D eigenvalue weighted by Gasteiger charge is -2.15. The highest BCUT2D eigenvalue weighted by atomic mass is 35.5. The van der Waals surface area contributed by atoms with Crippen LogP contribution in [0.15, 0.2) is 12.1 Å². The standard InChI is InChI=1S/C11H12ClFN2O3S/c1-7-2-3-9(14-11(7)12)15-5-8(4-10(15)16)6-19(13,17)18/h2-3,8H,4-6H2,1H3. The van der Waals surface area contributed by atoms with Crippen LogP contribution >= 0.6 is 11.6 Å². The quantitative estimate of drug-likeness (QED) is 0.629. The zero-order valence-electron chi connectivity index (χ0n) is 10.1. The summed E-state index contributed by atoms with van der Waals surface area (Å²) in [4.78, 5) is 17.2. The number of nitrogens with zero attached hydrogens (tertiary/aromatic N) is 2. The molecule has 8 heteroatoms. The highest BCUT2D eigenvalue weighted by Crippen LogP contribution is 2.26. The van der Waals surface area contributed by atoms with Crippen molar-refractivity contribution in [2.24, 2.45) is 5.92 Å². The fourth-order valence-electron chi connectivity index (χ4n) is 2.04. The second-order valence-corrected chi connectivity index (χ2v) is 6.33. The second kappa shape index (κ2) is 5.05. The Labute approximate surface area is 115 Å². The van der Waals surface area contributed by atoms with Crippen LogP contribution < -0.4 is 4.90 Å². The Morgan fingerprint density at radius 3 is 2.79 bits per heavy atom. The first-order valence-corrected chi connectivity index (χ1v) is 7.55. The molecule has 1 fully saturated rings. The number of pyridine rings is 1. The van der Waals surface area contributed by atoms with Crippen molar-refractivity contribution >= 4 is 33.5 Å². The number of amides is 1. The molecule has 1 aliphatic heterocycles. The number of halogens is 2. The number of rotatable bonds is 3. The Balaban J connectivity index is 2.18. The number of carbonyl (C=O) groups is 1. The minimum absolute atomic E-state index is 0.00365. The largest absolute Gasteiger partial charge is 0.302 e. The maximum atomic E-state index is 12.6. The Morgan fingerprint density at radius 2 is 2.21 bits per heavy atom. The Hall–Kier alpha value is -1.21. The number of aromatic nitrogens is 1. The van der Waals surface area contributed by atoms with E-state index in [0.29, 0.717) is 5.82 Å². The van der Waals surface area contributed by atoms with Crippen molar-refractivity contribution in [3.63, 3.8) is 0 Å². The molecular formula is C11H12ClFN2O3S. The number of aryl methyl sites for hydroxylation is 1. The highest BCUT2D eigenvalue weighted by Gasteiger charge is 2.34. The van der Waals surface area contributed by atoms with E-state index in [9.17, 15) is 17.1 Å². The van der Waals surface area contributed by atoms with Gasteiger partial charge in [-0.15, -0.1) is 3.89 Å². The zero-order chi connectivity index (χ0) is 14.2. The topological polar surface area (TPSA) is 67.3 Å². The van der Waals surface area contributed by atoms with Gasteiger partial charge >= 0.3 is 10.2 Å².